The van der Waals surface area contributed by atoms with Gasteiger partial charge in [0.25, 0.3) is 0 Å². The first-order chi connectivity index (χ1) is 9.93. The third-order valence-electron chi connectivity index (χ3n) is 3.64. The molecule has 0 spiro atoms. The lowest BCUT2D eigenvalue weighted by molar-refractivity contribution is -0.168. The van der Waals surface area contributed by atoms with E-state index >= 15 is 0 Å². The lowest BCUT2D eigenvalue weighted by Gasteiger charge is -2.37. The molecule has 2 aliphatic heterocycles. The summed E-state index contributed by atoms with van der Waals surface area (Å²) < 4.78 is 5.31. The Bertz CT molecular complexity index is 444. The molecular formula is C13H20N2O5S. The van der Waals surface area contributed by atoms with Crippen LogP contribution >= 0.6 is 11.8 Å². The summed E-state index contributed by atoms with van der Waals surface area (Å²) in [6, 6.07) is -0.484. The molecule has 7 nitrogen and oxygen atoms in total. The Hall–Kier alpha value is -1.28. The van der Waals surface area contributed by atoms with E-state index in [1.165, 1.54) is 4.90 Å². The number of amides is 2. The number of carbonyl (C=O) groups is 3. The minimum absolute atomic E-state index is 0.0355. The van der Waals surface area contributed by atoms with Gasteiger partial charge in [0.15, 0.2) is 6.10 Å². The van der Waals surface area contributed by atoms with E-state index in [1.807, 2.05) is 0 Å². The van der Waals surface area contributed by atoms with E-state index in [1.54, 1.807) is 30.5 Å². The van der Waals surface area contributed by atoms with Gasteiger partial charge in [0, 0.05) is 18.7 Å². The normalized spacial score (nSPS) is 29.5. The van der Waals surface area contributed by atoms with E-state index in [0.29, 0.717) is 24.6 Å². The number of hydrogen-bond donors (Lipinski definition) is 1. The molecule has 0 aliphatic carbocycles. The molecule has 0 aromatic heterocycles. The predicted octanol–water partition coefficient (Wildman–Crippen LogP) is -0.00160. The van der Waals surface area contributed by atoms with Gasteiger partial charge in [0.1, 0.15) is 6.04 Å². The van der Waals surface area contributed by atoms with Gasteiger partial charge in [-0.3, -0.25) is 9.59 Å². The second kappa shape index (κ2) is 6.65. The Labute approximate surface area is 127 Å². The molecule has 0 radical (unpaired) electrons. The van der Waals surface area contributed by atoms with Crippen LogP contribution in [0.4, 0.5) is 0 Å². The summed E-state index contributed by atoms with van der Waals surface area (Å²) in [5, 5.41) is 9.07. The van der Waals surface area contributed by atoms with Crippen LogP contribution in [0.1, 0.15) is 20.3 Å². The van der Waals surface area contributed by atoms with Crippen molar-refractivity contribution in [2.45, 2.75) is 38.5 Å². The van der Waals surface area contributed by atoms with Crippen LogP contribution in [-0.2, 0) is 19.1 Å². The molecule has 1 N–H and O–H groups in total. The van der Waals surface area contributed by atoms with Crippen LogP contribution in [0.15, 0.2) is 0 Å². The lowest BCUT2D eigenvalue weighted by Crippen LogP contribution is -2.57. The number of aliphatic carboxylic acids is 1. The fourth-order valence-electron chi connectivity index (χ4n) is 2.57. The first-order valence-electron chi connectivity index (χ1n) is 6.98. The van der Waals surface area contributed by atoms with Gasteiger partial charge in [0.2, 0.25) is 11.8 Å². The van der Waals surface area contributed by atoms with Gasteiger partial charge in [-0.05, 0) is 6.92 Å². The molecule has 0 saturated carbocycles. The van der Waals surface area contributed by atoms with Crippen LogP contribution in [0.2, 0.25) is 0 Å². The number of rotatable bonds is 3. The number of nitrogens with zero attached hydrogens (tertiary/aromatic N) is 2. The Morgan fingerprint density at radius 1 is 1.33 bits per heavy atom. The van der Waals surface area contributed by atoms with E-state index < -0.39 is 18.1 Å². The number of carboxylic acid groups (broad SMARTS) is 1. The molecule has 2 aliphatic rings. The second-order valence-corrected chi connectivity index (χ2v) is 6.25. The maximum absolute atomic E-state index is 12.6. The number of thioether (sulfide) groups is 1. The zero-order valence-electron chi connectivity index (χ0n) is 12.2. The first-order valence-corrected chi connectivity index (χ1v) is 8.13. The molecule has 118 valence electrons. The van der Waals surface area contributed by atoms with Crippen molar-refractivity contribution in [3.8, 4) is 0 Å². The average Bonchev–Trinajstić information content (AvgIpc) is 2.94. The monoisotopic (exact) mass is 316 g/mol. The quantitative estimate of drug-likeness (QED) is 0.788. The third kappa shape index (κ3) is 3.49. The minimum atomic E-state index is -1.07. The van der Waals surface area contributed by atoms with Gasteiger partial charge >= 0.3 is 5.97 Å². The van der Waals surface area contributed by atoms with Crippen molar-refractivity contribution in [1.29, 1.82) is 0 Å². The van der Waals surface area contributed by atoms with Crippen LogP contribution in [0.3, 0.4) is 0 Å². The van der Waals surface area contributed by atoms with Crippen LogP contribution in [0.25, 0.3) is 0 Å². The van der Waals surface area contributed by atoms with Crippen molar-refractivity contribution >= 4 is 29.5 Å². The largest absolute Gasteiger partial charge is 0.479 e. The van der Waals surface area contributed by atoms with Gasteiger partial charge < -0.3 is 19.6 Å². The zero-order chi connectivity index (χ0) is 15.6. The molecule has 2 heterocycles. The van der Waals surface area contributed by atoms with Crippen molar-refractivity contribution < 1.29 is 24.2 Å². The topological polar surface area (TPSA) is 87.2 Å². The van der Waals surface area contributed by atoms with Crippen LogP contribution in [-0.4, -0.2) is 75.7 Å². The maximum Gasteiger partial charge on any atom is 0.334 e. The van der Waals surface area contributed by atoms with E-state index in [-0.39, 0.29) is 24.5 Å². The Morgan fingerprint density at radius 2 is 2.05 bits per heavy atom. The number of hydrogen-bond acceptors (Lipinski definition) is 5. The summed E-state index contributed by atoms with van der Waals surface area (Å²) in [6.45, 7) is 3.91. The van der Waals surface area contributed by atoms with Crippen LogP contribution in [0.5, 0.6) is 0 Å². The number of morpholine rings is 1. The highest BCUT2D eigenvalue weighted by Gasteiger charge is 2.40. The summed E-state index contributed by atoms with van der Waals surface area (Å²) in [4.78, 5) is 38.7. The number of ether oxygens (including phenoxy) is 1. The fraction of sp³-hybridized carbons (Fsp3) is 0.769. The van der Waals surface area contributed by atoms with Crippen LogP contribution < -0.4 is 0 Å². The molecule has 2 amide bonds. The molecule has 0 aromatic carbocycles. The summed E-state index contributed by atoms with van der Waals surface area (Å²) >= 11 is 1.54. The third-order valence-corrected chi connectivity index (χ3v) is 4.65. The minimum Gasteiger partial charge on any atom is -0.479 e. The van der Waals surface area contributed by atoms with E-state index in [4.69, 9.17) is 9.84 Å². The van der Waals surface area contributed by atoms with Gasteiger partial charge in [-0.25, -0.2) is 4.79 Å². The molecule has 2 saturated heterocycles. The van der Waals surface area contributed by atoms with E-state index in [2.05, 4.69) is 0 Å². The highest BCUT2D eigenvalue weighted by atomic mass is 32.2. The Kier molecular flexibility index (Phi) is 5.10. The molecule has 3 atom stereocenters. The zero-order valence-corrected chi connectivity index (χ0v) is 13.0. The average molecular weight is 316 g/mol. The smallest absolute Gasteiger partial charge is 0.334 e. The van der Waals surface area contributed by atoms with Gasteiger partial charge in [-0.1, -0.05) is 6.92 Å². The SMILES string of the molecule is CCC(=O)N1CSCC1C(=O)N1CC(C(=O)O)O[C@H](C)C1. The summed E-state index contributed by atoms with van der Waals surface area (Å²) in [5.74, 6) is -0.210. The molecule has 2 unspecified atom stereocenters. The molecular weight excluding hydrogens is 296 g/mol. The standard InChI is InChI=1S/C13H20N2O5S/c1-3-11(16)15-7-21-6-9(15)12(17)14-4-8(2)20-10(5-14)13(18)19/h8-10H,3-7H2,1-2H3,(H,18,19)/t8-,9?,10?/m1/s1. The second-order valence-electron chi connectivity index (χ2n) is 5.25. The van der Waals surface area contributed by atoms with E-state index in [0.717, 1.165) is 0 Å². The summed E-state index contributed by atoms with van der Waals surface area (Å²) in [6.07, 6.45) is -0.961. The highest BCUT2D eigenvalue weighted by molar-refractivity contribution is 7.99. The van der Waals surface area contributed by atoms with Crippen molar-refractivity contribution in [3.05, 3.63) is 0 Å². The molecule has 2 fully saturated rings. The van der Waals surface area contributed by atoms with Crippen molar-refractivity contribution in [2.24, 2.45) is 0 Å². The van der Waals surface area contributed by atoms with Crippen LogP contribution in [0, 0.1) is 0 Å². The molecule has 21 heavy (non-hydrogen) atoms. The Morgan fingerprint density at radius 3 is 2.67 bits per heavy atom. The molecule has 8 heteroatoms. The Balaban J connectivity index is 2.07. The van der Waals surface area contributed by atoms with Gasteiger partial charge in [-0.2, -0.15) is 0 Å². The number of carboxylic acids is 1. The van der Waals surface area contributed by atoms with Gasteiger partial charge in [0.05, 0.1) is 18.5 Å². The van der Waals surface area contributed by atoms with E-state index in [9.17, 15) is 14.4 Å². The molecule has 2 rings (SSSR count). The van der Waals surface area contributed by atoms with Gasteiger partial charge in [-0.15, -0.1) is 11.8 Å². The summed E-state index contributed by atoms with van der Waals surface area (Å²) in [7, 11) is 0. The lowest BCUT2D eigenvalue weighted by atomic mass is 10.1. The fourth-order valence-corrected chi connectivity index (χ4v) is 3.75. The highest BCUT2D eigenvalue weighted by Crippen LogP contribution is 2.24. The molecule has 0 aromatic rings. The first kappa shape index (κ1) is 16.1. The van der Waals surface area contributed by atoms with Crippen molar-refractivity contribution in [3.63, 3.8) is 0 Å². The molecule has 0 bridgehead atoms. The predicted molar refractivity (Wildman–Crippen MR) is 76.8 cm³/mol. The van der Waals surface area contributed by atoms with Crippen molar-refractivity contribution in [2.75, 3.05) is 24.7 Å². The number of carbonyl (C=O) groups excluding carboxylic acids is 2. The summed E-state index contributed by atoms with van der Waals surface area (Å²) in [5.41, 5.74) is 0. The van der Waals surface area contributed by atoms with Crippen molar-refractivity contribution in [1.82, 2.24) is 9.80 Å². The maximum atomic E-state index is 12.6.